The molecule has 0 aromatic heterocycles. The summed E-state index contributed by atoms with van der Waals surface area (Å²) < 4.78 is 0. The third-order valence-electron chi connectivity index (χ3n) is 8.37. The number of anilines is 1. The van der Waals surface area contributed by atoms with E-state index in [1.807, 2.05) is 48.5 Å². The van der Waals surface area contributed by atoms with Crippen LogP contribution < -0.4 is 21.5 Å². The number of fused-ring (bicyclic) bond motifs is 4. The summed E-state index contributed by atoms with van der Waals surface area (Å²) in [6.45, 7) is 0.395. The van der Waals surface area contributed by atoms with Crippen LogP contribution in [0.5, 0.6) is 0 Å². The molecule has 6 rings (SSSR count). The van der Waals surface area contributed by atoms with Gasteiger partial charge in [-0.3, -0.25) is 14.5 Å². The first-order valence-electron chi connectivity index (χ1n) is 14.3. The van der Waals surface area contributed by atoms with Crippen molar-refractivity contribution in [2.75, 3.05) is 19.4 Å². The van der Waals surface area contributed by atoms with Gasteiger partial charge in [0.1, 0.15) is 0 Å². The topological polar surface area (TPSA) is 75.4 Å². The van der Waals surface area contributed by atoms with Crippen molar-refractivity contribution in [2.45, 2.75) is 38.3 Å². The van der Waals surface area contributed by atoms with E-state index in [0.717, 1.165) is 41.2 Å². The van der Waals surface area contributed by atoms with Crippen molar-refractivity contribution in [2.24, 2.45) is 5.73 Å². The van der Waals surface area contributed by atoms with Crippen LogP contribution in [0, 0.1) is 10.4 Å². The van der Waals surface area contributed by atoms with Crippen LogP contribution in [0.2, 0.25) is 0 Å². The summed E-state index contributed by atoms with van der Waals surface area (Å²) in [4.78, 5) is 28.8. The van der Waals surface area contributed by atoms with E-state index in [4.69, 9.17) is 5.73 Å². The smallest absolute Gasteiger partial charge is 0.228 e. The maximum atomic E-state index is 13.8. The quantitative estimate of drug-likeness (QED) is 0.341. The Morgan fingerprint density at radius 3 is 2.29 bits per heavy atom. The van der Waals surface area contributed by atoms with Crippen molar-refractivity contribution in [3.8, 4) is 0 Å². The minimum Gasteiger partial charge on any atom is -0.326 e. The van der Waals surface area contributed by atoms with E-state index in [0.29, 0.717) is 17.8 Å². The molecule has 0 saturated heterocycles. The molecule has 4 aromatic rings. The van der Waals surface area contributed by atoms with Crippen molar-refractivity contribution in [3.63, 3.8) is 0 Å². The summed E-state index contributed by atoms with van der Waals surface area (Å²) in [5.41, 5.74) is 12.5. The first-order valence-corrected chi connectivity index (χ1v) is 14.3. The number of nitrogens with zero attached hydrogens (tertiary/aromatic N) is 1. The van der Waals surface area contributed by atoms with Crippen molar-refractivity contribution in [1.29, 1.82) is 0 Å². The number of nitrogens with two attached hydrogens (primary N) is 1. The SMILES string of the molecule is CN(C)C1C=c2ccccc2=c2ccc3c(c21)CCCC=3C(=O)c1ccc(NC(=O)Cc2ccccc2CN)cc1. The highest BCUT2D eigenvalue weighted by Gasteiger charge is 2.25. The lowest BCUT2D eigenvalue weighted by Gasteiger charge is -2.29. The number of Topliss-reactive ketones (excluding diaryl/α,β-unsaturated/α-hetero) is 1. The lowest BCUT2D eigenvalue weighted by Crippen LogP contribution is -2.31. The molecular formula is C36H35N3O2. The number of hydrogen-bond donors (Lipinski definition) is 2. The Morgan fingerprint density at radius 2 is 1.54 bits per heavy atom. The van der Waals surface area contributed by atoms with Crippen molar-refractivity contribution in [1.82, 2.24) is 4.90 Å². The van der Waals surface area contributed by atoms with E-state index in [9.17, 15) is 9.59 Å². The van der Waals surface area contributed by atoms with Crippen LogP contribution in [-0.4, -0.2) is 30.7 Å². The third kappa shape index (κ3) is 5.15. The average molecular weight is 542 g/mol. The normalized spacial score (nSPS) is 15.4. The predicted octanol–water partition coefficient (Wildman–Crippen LogP) is 4.38. The highest BCUT2D eigenvalue weighted by atomic mass is 16.1. The second-order valence-corrected chi connectivity index (χ2v) is 11.2. The highest BCUT2D eigenvalue weighted by Crippen LogP contribution is 2.30. The zero-order valence-corrected chi connectivity index (χ0v) is 23.6. The van der Waals surface area contributed by atoms with Gasteiger partial charge in [-0.1, -0.05) is 66.7 Å². The monoisotopic (exact) mass is 541 g/mol. The first-order chi connectivity index (χ1) is 19.9. The number of carbonyl (C=O) groups excluding carboxylic acids is 2. The van der Waals surface area contributed by atoms with Gasteiger partial charge in [0.25, 0.3) is 0 Å². The minimum absolute atomic E-state index is 0.0576. The van der Waals surface area contributed by atoms with E-state index in [1.165, 1.54) is 26.8 Å². The average Bonchev–Trinajstić information content (AvgIpc) is 3.00. The summed E-state index contributed by atoms with van der Waals surface area (Å²) >= 11 is 0. The Kier molecular flexibility index (Phi) is 7.39. The van der Waals surface area contributed by atoms with Crippen LogP contribution in [0.1, 0.15) is 51.5 Å². The lowest BCUT2D eigenvalue weighted by molar-refractivity contribution is -0.115. The van der Waals surface area contributed by atoms with E-state index in [2.05, 4.69) is 66.8 Å². The van der Waals surface area contributed by atoms with Crippen LogP contribution in [0.25, 0.3) is 11.6 Å². The fourth-order valence-electron chi connectivity index (χ4n) is 6.34. The first kappa shape index (κ1) is 26.9. The molecule has 0 fully saturated rings. The van der Waals surface area contributed by atoms with Gasteiger partial charge in [0, 0.05) is 23.4 Å². The van der Waals surface area contributed by atoms with E-state index >= 15 is 0 Å². The highest BCUT2D eigenvalue weighted by molar-refractivity contribution is 6.24. The van der Waals surface area contributed by atoms with Gasteiger partial charge in [-0.15, -0.1) is 0 Å². The van der Waals surface area contributed by atoms with Crippen LogP contribution >= 0.6 is 0 Å². The molecule has 2 aliphatic carbocycles. The number of ketones is 1. The van der Waals surface area contributed by atoms with Crippen molar-refractivity contribution in [3.05, 3.63) is 134 Å². The fourth-order valence-corrected chi connectivity index (χ4v) is 6.34. The summed E-state index contributed by atoms with van der Waals surface area (Å²) in [6, 6.07) is 28.0. The van der Waals surface area contributed by atoms with Gasteiger partial charge in [-0.05, 0) is 101 Å². The molecule has 3 N–H and O–H groups in total. The Bertz CT molecular complexity index is 1870. The van der Waals surface area contributed by atoms with Gasteiger partial charge < -0.3 is 11.1 Å². The maximum absolute atomic E-state index is 13.8. The van der Waals surface area contributed by atoms with Crippen molar-refractivity contribution >= 4 is 29.0 Å². The van der Waals surface area contributed by atoms with Crippen molar-refractivity contribution < 1.29 is 9.59 Å². The number of hydrogen-bond acceptors (Lipinski definition) is 4. The fraction of sp³-hybridized carbons (Fsp3) is 0.222. The maximum Gasteiger partial charge on any atom is 0.228 e. The molecule has 0 bridgehead atoms. The van der Waals surface area contributed by atoms with E-state index in [1.54, 1.807) is 0 Å². The molecule has 4 aromatic carbocycles. The van der Waals surface area contributed by atoms with Gasteiger partial charge in [0.05, 0.1) is 12.5 Å². The van der Waals surface area contributed by atoms with Gasteiger partial charge in [-0.2, -0.15) is 0 Å². The number of rotatable bonds is 7. The number of nitrogens with one attached hydrogen (secondary N) is 1. The molecule has 206 valence electrons. The molecular weight excluding hydrogens is 506 g/mol. The number of carbonyl (C=O) groups is 2. The molecule has 2 aliphatic rings. The Labute approximate surface area is 240 Å². The van der Waals surface area contributed by atoms with Crippen LogP contribution in [0.15, 0.2) is 84.9 Å². The lowest BCUT2D eigenvalue weighted by atomic mass is 9.82. The molecule has 41 heavy (non-hydrogen) atoms. The zero-order chi connectivity index (χ0) is 28.5. The molecule has 0 saturated carbocycles. The Morgan fingerprint density at radius 1 is 0.829 bits per heavy atom. The van der Waals surface area contributed by atoms with Gasteiger partial charge >= 0.3 is 0 Å². The Hall–Kier alpha value is -4.32. The van der Waals surface area contributed by atoms with Crippen LogP contribution in [-0.2, 0) is 24.2 Å². The zero-order valence-electron chi connectivity index (χ0n) is 23.6. The van der Waals surface area contributed by atoms with Crippen LogP contribution in [0.3, 0.4) is 0 Å². The molecule has 0 radical (unpaired) electrons. The molecule has 0 aliphatic heterocycles. The summed E-state index contributed by atoms with van der Waals surface area (Å²) in [6.07, 6.45) is 5.27. The standard InChI is InChI=1S/C36H35N3O2/c1-39(2)33-20-25-9-5-6-11-28(25)31-19-18-29-30(35(31)33)12-7-13-32(29)36(41)23-14-16-27(17-15-23)38-34(40)21-24-8-3-4-10-26(24)22-37/h3-6,8-11,14-20,33H,7,12-13,21-22,37H2,1-2H3,(H,38,40). The summed E-state index contributed by atoms with van der Waals surface area (Å²) in [5, 5.41) is 7.81. The van der Waals surface area contributed by atoms with E-state index in [-0.39, 0.29) is 24.2 Å². The van der Waals surface area contributed by atoms with Gasteiger partial charge in [0.15, 0.2) is 5.78 Å². The third-order valence-corrected chi connectivity index (χ3v) is 8.37. The summed E-state index contributed by atoms with van der Waals surface area (Å²) in [7, 11) is 4.24. The molecule has 1 unspecified atom stereocenters. The number of amides is 1. The Balaban J connectivity index is 1.32. The molecule has 1 amide bonds. The predicted molar refractivity (Wildman–Crippen MR) is 164 cm³/mol. The summed E-state index contributed by atoms with van der Waals surface area (Å²) in [5.74, 6) is -0.0543. The largest absolute Gasteiger partial charge is 0.326 e. The minimum atomic E-state index is -0.112. The second-order valence-electron chi connectivity index (χ2n) is 11.2. The van der Waals surface area contributed by atoms with E-state index < -0.39 is 0 Å². The van der Waals surface area contributed by atoms with Crippen LogP contribution in [0.4, 0.5) is 5.69 Å². The molecule has 5 heteroatoms. The molecule has 5 nitrogen and oxygen atoms in total. The molecule has 0 spiro atoms. The number of benzene rings is 4. The second kappa shape index (κ2) is 11.3. The molecule has 1 atom stereocenters. The molecule has 0 heterocycles. The van der Waals surface area contributed by atoms with Gasteiger partial charge in [-0.25, -0.2) is 0 Å². The van der Waals surface area contributed by atoms with Gasteiger partial charge in [0.2, 0.25) is 5.91 Å².